The molecule has 0 heterocycles. The normalized spacial score (nSPS) is 11.2. The van der Waals surface area contributed by atoms with E-state index in [2.05, 4.69) is 42.7 Å². The van der Waals surface area contributed by atoms with Crippen LogP contribution in [0.25, 0.3) is 0 Å². The molecule has 2 N–H and O–H groups in total. The highest BCUT2D eigenvalue weighted by molar-refractivity contribution is 5.82. The van der Waals surface area contributed by atoms with Crippen LogP contribution in [0.2, 0.25) is 0 Å². The van der Waals surface area contributed by atoms with Crippen molar-refractivity contribution in [3.8, 4) is 0 Å². The van der Waals surface area contributed by atoms with E-state index in [0.717, 1.165) is 18.5 Å². The molecule has 1 rings (SSSR count). The Morgan fingerprint density at radius 2 is 1.63 bits per heavy atom. The maximum absolute atomic E-state index is 11.9. The van der Waals surface area contributed by atoms with Crippen molar-refractivity contribution in [1.29, 1.82) is 0 Å². The van der Waals surface area contributed by atoms with E-state index >= 15 is 0 Å². The summed E-state index contributed by atoms with van der Waals surface area (Å²) < 4.78 is 0. The zero-order valence-corrected chi connectivity index (χ0v) is 12.8. The second-order valence-corrected chi connectivity index (χ2v) is 5.81. The average Bonchev–Trinajstić information content (AvgIpc) is 2.33. The Balaban J connectivity index is 2.74. The summed E-state index contributed by atoms with van der Waals surface area (Å²) in [6.07, 6.45) is 1.94. The van der Waals surface area contributed by atoms with Crippen LogP contribution in [0.4, 0.5) is 5.69 Å². The molecule has 0 saturated carbocycles. The van der Waals surface area contributed by atoms with E-state index in [-0.39, 0.29) is 11.4 Å². The molecule has 0 fully saturated rings. The minimum absolute atomic E-state index is 0.0282. The fourth-order valence-corrected chi connectivity index (χ4v) is 2.10. The number of carbonyl (C=O) groups excluding carboxylic acids is 1. The first-order valence-corrected chi connectivity index (χ1v) is 7.03. The number of aryl methyl sites for hydroxylation is 2. The van der Waals surface area contributed by atoms with Gasteiger partial charge in [-0.2, -0.15) is 0 Å². The number of amides is 1. The lowest BCUT2D eigenvalue weighted by Crippen LogP contribution is -2.43. The molecule has 0 radical (unpaired) electrons. The molecule has 0 atom stereocenters. The van der Waals surface area contributed by atoms with E-state index in [4.69, 9.17) is 0 Å². The van der Waals surface area contributed by atoms with Gasteiger partial charge >= 0.3 is 0 Å². The monoisotopic (exact) mass is 262 g/mol. The topological polar surface area (TPSA) is 41.1 Å². The fourth-order valence-electron chi connectivity index (χ4n) is 2.10. The minimum atomic E-state index is -0.184. The molecule has 0 aliphatic rings. The molecule has 0 aliphatic carbocycles. The largest absolute Gasteiger partial charge is 0.376 e. The van der Waals surface area contributed by atoms with Crippen molar-refractivity contribution in [2.45, 2.75) is 53.0 Å². The summed E-state index contributed by atoms with van der Waals surface area (Å²) in [4.78, 5) is 11.9. The quantitative estimate of drug-likeness (QED) is 0.856. The van der Waals surface area contributed by atoms with Crippen LogP contribution in [0.15, 0.2) is 18.2 Å². The van der Waals surface area contributed by atoms with Crippen LogP contribution in [0.3, 0.4) is 0 Å². The smallest absolute Gasteiger partial charge is 0.239 e. The molecule has 1 aromatic carbocycles. The second-order valence-electron chi connectivity index (χ2n) is 5.81. The molecule has 0 saturated heterocycles. The zero-order chi connectivity index (χ0) is 14.5. The third-order valence-electron chi connectivity index (χ3n) is 2.94. The number of nitrogens with one attached hydrogen (secondary N) is 2. The van der Waals surface area contributed by atoms with Crippen molar-refractivity contribution >= 4 is 11.6 Å². The highest BCUT2D eigenvalue weighted by Gasteiger charge is 2.14. The Labute approximate surface area is 116 Å². The van der Waals surface area contributed by atoms with Crippen LogP contribution >= 0.6 is 0 Å². The SMILES string of the molecule is CCc1cccc(CC)c1NCC(=O)NC(C)(C)C. The summed E-state index contributed by atoms with van der Waals surface area (Å²) in [5.41, 5.74) is 3.47. The number of benzene rings is 1. The van der Waals surface area contributed by atoms with Gasteiger partial charge in [-0.1, -0.05) is 32.0 Å². The number of rotatable bonds is 5. The highest BCUT2D eigenvalue weighted by Crippen LogP contribution is 2.22. The Morgan fingerprint density at radius 3 is 2.05 bits per heavy atom. The first-order valence-electron chi connectivity index (χ1n) is 7.03. The molecule has 3 nitrogen and oxygen atoms in total. The molecule has 1 aromatic rings. The molecule has 0 aromatic heterocycles. The molecule has 0 unspecified atom stereocenters. The Bertz CT molecular complexity index is 411. The molecule has 0 aliphatic heterocycles. The second kappa shape index (κ2) is 6.60. The van der Waals surface area contributed by atoms with Gasteiger partial charge in [0.1, 0.15) is 0 Å². The molecule has 1 amide bonds. The van der Waals surface area contributed by atoms with Crippen molar-refractivity contribution in [2.75, 3.05) is 11.9 Å². The summed E-state index contributed by atoms with van der Waals surface area (Å²) in [5.74, 6) is 0.0282. The summed E-state index contributed by atoms with van der Waals surface area (Å²) >= 11 is 0. The van der Waals surface area contributed by atoms with E-state index in [1.807, 2.05) is 20.8 Å². The van der Waals surface area contributed by atoms with Gasteiger partial charge in [0.15, 0.2) is 0 Å². The molecule has 19 heavy (non-hydrogen) atoms. The first-order chi connectivity index (χ1) is 8.87. The van der Waals surface area contributed by atoms with Crippen LogP contribution in [0, 0.1) is 0 Å². The van der Waals surface area contributed by atoms with Crippen LogP contribution in [-0.2, 0) is 17.6 Å². The average molecular weight is 262 g/mol. The van der Waals surface area contributed by atoms with Crippen LogP contribution in [0.1, 0.15) is 45.7 Å². The molecule has 3 heteroatoms. The van der Waals surface area contributed by atoms with Crippen molar-refractivity contribution in [1.82, 2.24) is 5.32 Å². The lowest BCUT2D eigenvalue weighted by atomic mass is 10.0. The predicted octanol–water partition coefficient (Wildman–Crippen LogP) is 3.14. The van der Waals surface area contributed by atoms with Crippen molar-refractivity contribution in [3.63, 3.8) is 0 Å². The Morgan fingerprint density at radius 1 is 1.11 bits per heavy atom. The third kappa shape index (κ3) is 4.93. The van der Waals surface area contributed by atoms with Gasteiger partial charge in [0, 0.05) is 11.2 Å². The molecule has 0 spiro atoms. The lowest BCUT2D eigenvalue weighted by molar-refractivity contribution is -0.120. The van der Waals surface area contributed by atoms with Gasteiger partial charge < -0.3 is 10.6 Å². The van der Waals surface area contributed by atoms with Gasteiger partial charge in [0.25, 0.3) is 0 Å². The predicted molar refractivity (Wildman–Crippen MR) is 81.6 cm³/mol. The summed E-state index contributed by atoms with van der Waals surface area (Å²) in [5, 5.41) is 6.26. The van der Waals surface area contributed by atoms with E-state index in [0.29, 0.717) is 6.54 Å². The van der Waals surface area contributed by atoms with Crippen molar-refractivity contribution < 1.29 is 4.79 Å². The van der Waals surface area contributed by atoms with Crippen molar-refractivity contribution in [3.05, 3.63) is 29.3 Å². The van der Waals surface area contributed by atoms with Gasteiger partial charge in [-0.05, 0) is 44.7 Å². The highest BCUT2D eigenvalue weighted by atomic mass is 16.2. The maximum Gasteiger partial charge on any atom is 0.239 e. The van der Waals surface area contributed by atoms with Gasteiger partial charge in [0.05, 0.1) is 6.54 Å². The number of carbonyl (C=O) groups is 1. The third-order valence-corrected chi connectivity index (χ3v) is 2.94. The van der Waals surface area contributed by atoms with E-state index in [9.17, 15) is 4.79 Å². The lowest BCUT2D eigenvalue weighted by Gasteiger charge is -2.21. The standard InChI is InChI=1S/C16H26N2O/c1-6-12-9-8-10-13(7-2)15(12)17-11-14(19)18-16(3,4)5/h8-10,17H,6-7,11H2,1-5H3,(H,18,19). The van der Waals surface area contributed by atoms with Crippen LogP contribution < -0.4 is 10.6 Å². The van der Waals surface area contributed by atoms with E-state index in [1.165, 1.54) is 11.1 Å². The Hall–Kier alpha value is -1.51. The van der Waals surface area contributed by atoms with Gasteiger partial charge in [0.2, 0.25) is 5.91 Å². The summed E-state index contributed by atoms with van der Waals surface area (Å²) in [7, 11) is 0. The minimum Gasteiger partial charge on any atom is -0.376 e. The number of hydrogen-bond donors (Lipinski definition) is 2. The molecule has 106 valence electrons. The van der Waals surface area contributed by atoms with Crippen molar-refractivity contribution in [2.24, 2.45) is 0 Å². The number of para-hydroxylation sites is 1. The van der Waals surface area contributed by atoms with Gasteiger partial charge in [-0.3, -0.25) is 4.79 Å². The fraction of sp³-hybridized carbons (Fsp3) is 0.562. The molecule has 0 bridgehead atoms. The summed E-state index contributed by atoms with van der Waals surface area (Å²) in [6, 6.07) is 6.31. The van der Waals surface area contributed by atoms with Crippen LogP contribution in [-0.4, -0.2) is 18.0 Å². The number of hydrogen-bond acceptors (Lipinski definition) is 2. The number of anilines is 1. The zero-order valence-electron chi connectivity index (χ0n) is 12.8. The summed E-state index contributed by atoms with van der Waals surface area (Å²) in [6.45, 7) is 10.6. The first kappa shape index (κ1) is 15.5. The Kier molecular flexibility index (Phi) is 5.40. The maximum atomic E-state index is 11.9. The van der Waals surface area contributed by atoms with E-state index in [1.54, 1.807) is 0 Å². The van der Waals surface area contributed by atoms with E-state index < -0.39 is 0 Å². The van der Waals surface area contributed by atoms with Crippen LogP contribution in [0.5, 0.6) is 0 Å². The van der Waals surface area contributed by atoms with Gasteiger partial charge in [-0.15, -0.1) is 0 Å². The molecular formula is C16H26N2O. The molecular weight excluding hydrogens is 236 g/mol. The van der Waals surface area contributed by atoms with Gasteiger partial charge in [-0.25, -0.2) is 0 Å².